The fourth-order valence-electron chi connectivity index (χ4n) is 3.42. The third-order valence-corrected chi connectivity index (χ3v) is 4.67. The van der Waals surface area contributed by atoms with Crippen molar-refractivity contribution in [3.05, 3.63) is 29.8 Å². The molecule has 1 aromatic rings. The molecule has 2 fully saturated rings. The van der Waals surface area contributed by atoms with E-state index in [2.05, 4.69) is 15.6 Å². The Balaban J connectivity index is 0.00000225. The van der Waals surface area contributed by atoms with Crippen molar-refractivity contribution in [3.63, 3.8) is 0 Å². The lowest BCUT2D eigenvalue weighted by molar-refractivity contribution is 0.0992. The van der Waals surface area contributed by atoms with Crippen molar-refractivity contribution >= 4 is 29.9 Å². The summed E-state index contributed by atoms with van der Waals surface area (Å²) < 4.78 is 11.1. The van der Waals surface area contributed by atoms with Crippen LogP contribution in [0.15, 0.2) is 29.3 Å². The Hall–Kier alpha value is -1.06. The Bertz CT molecular complexity index is 584. The van der Waals surface area contributed by atoms with Crippen molar-refractivity contribution in [2.45, 2.75) is 50.5 Å². The van der Waals surface area contributed by atoms with Gasteiger partial charge >= 0.3 is 0 Å². The second-order valence-electron chi connectivity index (χ2n) is 6.37. The number of aliphatic hydroxyl groups excluding tert-OH is 1. The van der Waals surface area contributed by atoms with Gasteiger partial charge < -0.3 is 25.2 Å². The van der Waals surface area contributed by atoms with Gasteiger partial charge in [-0.3, -0.25) is 4.99 Å². The molecule has 4 atom stereocenters. The molecule has 3 N–H and O–H groups in total. The van der Waals surface area contributed by atoms with Gasteiger partial charge in [0.2, 0.25) is 0 Å². The molecule has 2 bridgehead atoms. The van der Waals surface area contributed by atoms with Crippen LogP contribution in [0, 0.1) is 0 Å². The Labute approximate surface area is 166 Å². The van der Waals surface area contributed by atoms with Crippen LogP contribution in [0.3, 0.4) is 0 Å². The monoisotopic (exact) mass is 461 g/mol. The first-order valence-corrected chi connectivity index (χ1v) is 8.72. The zero-order valence-electron chi connectivity index (χ0n) is 14.8. The number of aliphatic imine (C=N–C) groups is 1. The summed E-state index contributed by atoms with van der Waals surface area (Å²) in [6, 6.07) is 7.77. The van der Waals surface area contributed by atoms with Gasteiger partial charge in [-0.2, -0.15) is 0 Å². The molecule has 25 heavy (non-hydrogen) atoms. The van der Waals surface area contributed by atoms with Gasteiger partial charge in [-0.25, -0.2) is 0 Å². The Morgan fingerprint density at radius 1 is 1.44 bits per heavy atom. The molecule has 3 rings (SSSR count). The first-order chi connectivity index (χ1) is 11.7. The average Bonchev–Trinajstić information content (AvgIpc) is 3.22. The molecular formula is C18H28IN3O3. The van der Waals surface area contributed by atoms with Crippen LogP contribution in [0.1, 0.15) is 37.9 Å². The number of methoxy groups -OCH3 is 1. The first kappa shape index (κ1) is 20.3. The number of hydrogen-bond acceptors (Lipinski definition) is 4. The number of ether oxygens (including phenoxy) is 2. The molecule has 2 aliphatic rings. The third kappa shape index (κ3) is 5.21. The lowest BCUT2D eigenvalue weighted by Crippen LogP contribution is -2.47. The van der Waals surface area contributed by atoms with Crippen molar-refractivity contribution in [1.82, 2.24) is 10.6 Å². The summed E-state index contributed by atoms with van der Waals surface area (Å²) in [6.45, 7) is 3.11. The van der Waals surface area contributed by atoms with Gasteiger partial charge in [0.05, 0.1) is 38.0 Å². The fraction of sp³-hybridized carbons (Fsp3) is 0.611. The molecule has 0 saturated carbocycles. The van der Waals surface area contributed by atoms with E-state index >= 15 is 0 Å². The predicted molar refractivity (Wildman–Crippen MR) is 109 cm³/mol. The molecule has 1 aromatic carbocycles. The van der Waals surface area contributed by atoms with Gasteiger partial charge in [0.1, 0.15) is 5.75 Å². The van der Waals surface area contributed by atoms with Gasteiger partial charge in [-0.1, -0.05) is 12.1 Å². The number of guanidine groups is 1. The third-order valence-electron chi connectivity index (χ3n) is 4.67. The summed E-state index contributed by atoms with van der Waals surface area (Å²) in [5, 5.41) is 17.1. The highest BCUT2D eigenvalue weighted by molar-refractivity contribution is 14.0. The minimum absolute atomic E-state index is 0. The molecule has 6 nitrogen and oxygen atoms in total. The van der Waals surface area contributed by atoms with Crippen LogP contribution >= 0.6 is 24.0 Å². The highest BCUT2D eigenvalue weighted by Crippen LogP contribution is 2.34. The van der Waals surface area contributed by atoms with Crippen molar-refractivity contribution < 1.29 is 14.6 Å². The summed E-state index contributed by atoms with van der Waals surface area (Å²) in [5.41, 5.74) is 0.803. The molecule has 0 radical (unpaired) electrons. The average molecular weight is 461 g/mol. The number of nitrogens with one attached hydrogen (secondary N) is 2. The lowest BCUT2D eigenvalue weighted by Gasteiger charge is -2.23. The molecule has 0 aliphatic carbocycles. The summed E-state index contributed by atoms with van der Waals surface area (Å²) in [4.78, 5) is 4.54. The molecule has 2 aliphatic heterocycles. The number of nitrogens with zero attached hydrogens (tertiary/aromatic N) is 1. The number of benzene rings is 1. The molecule has 0 spiro atoms. The first-order valence-electron chi connectivity index (χ1n) is 8.72. The van der Waals surface area contributed by atoms with Crippen LogP contribution in [-0.2, 0) is 4.74 Å². The highest BCUT2D eigenvalue weighted by Gasteiger charge is 2.41. The van der Waals surface area contributed by atoms with Crippen molar-refractivity contribution in [1.29, 1.82) is 0 Å². The van der Waals surface area contributed by atoms with Crippen molar-refractivity contribution in [2.24, 2.45) is 4.99 Å². The van der Waals surface area contributed by atoms with Crippen molar-refractivity contribution in [2.75, 3.05) is 20.2 Å². The molecule has 2 saturated heterocycles. The van der Waals surface area contributed by atoms with E-state index in [0.29, 0.717) is 24.8 Å². The summed E-state index contributed by atoms with van der Waals surface area (Å²) in [5.74, 6) is 1.47. The number of aliphatic hydroxyl groups is 1. The normalized spacial score (nSPS) is 26.0. The van der Waals surface area contributed by atoms with Crippen LogP contribution in [0.2, 0.25) is 0 Å². The molecule has 7 heteroatoms. The smallest absolute Gasteiger partial charge is 0.191 e. The molecule has 140 valence electrons. The van der Waals surface area contributed by atoms with Crippen molar-refractivity contribution in [3.8, 4) is 5.75 Å². The zero-order chi connectivity index (χ0) is 16.9. The van der Waals surface area contributed by atoms with E-state index < -0.39 is 6.10 Å². The molecule has 0 aromatic heterocycles. The number of halogens is 1. The van der Waals surface area contributed by atoms with Crippen LogP contribution in [-0.4, -0.2) is 49.5 Å². The number of rotatable bonds is 6. The minimum atomic E-state index is -0.660. The maximum Gasteiger partial charge on any atom is 0.191 e. The Kier molecular flexibility index (Phi) is 7.77. The number of hydrogen-bond donors (Lipinski definition) is 3. The number of fused-ring (bicyclic) bond motifs is 2. The van der Waals surface area contributed by atoms with E-state index in [1.54, 1.807) is 7.11 Å². The van der Waals surface area contributed by atoms with Crippen LogP contribution < -0.4 is 15.4 Å². The van der Waals surface area contributed by atoms with E-state index in [9.17, 15) is 5.11 Å². The van der Waals surface area contributed by atoms with Gasteiger partial charge in [0, 0.05) is 6.54 Å². The van der Waals surface area contributed by atoms with E-state index in [4.69, 9.17) is 9.47 Å². The quantitative estimate of drug-likeness (QED) is 0.344. The lowest BCUT2D eigenvalue weighted by atomic mass is 9.96. The van der Waals surface area contributed by atoms with Gasteiger partial charge in [-0.15, -0.1) is 24.0 Å². The largest absolute Gasteiger partial charge is 0.497 e. The Morgan fingerprint density at radius 2 is 2.28 bits per heavy atom. The topological polar surface area (TPSA) is 75.1 Å². The maximum absolute atomic E-state index is 10.4. The summed E-state index contributed by atoms with van der Waals surface area (Å²) >= 11 is 0. The van der Waals surface area contributed by atoms with Gasteiger partial charge in [0.25, 0.3) is 0 Å². The second kappa shape index (κ2) is 9.59. The Morgan fingerprint density at radius 3 is 2.92 bits per heavy atom. The van der Waals surface area contributed by atoms with Crippen LogP contribution in [0.4, 0.5) is 0 Å². The minimum Gasteiger partial charge on any atom is -0.497 e. The van der Waals surface area contributed by atoms with E-state index in [-0.39, 0.29) is 24.0 Å². The van der Waals surface area contributed by atoms with E-state index in [0.717, 1.165) is 36.7 Å². The summed E-state index contributed by atoms with van der Waals surface area (Å²) in [6.07, 6.45) is 3.36. The predicted octanol–water partition coefficient (Wildman–Crippen LogP) is 2.22. The molecular weight excluding hydrogens is 433 g/mol. The summed E-state index contributed by atoms with van der Waals surface area (Å²) in [7, 11) is 1.62. The zero-order valence-corrected chi connectivity index (χ0v) is 17.1. The standard InChI is InChI=1S/C18H27N3O3.HI/c1-3-19-18(21-15-10-14-7-8-17(15)24-14)20-11-16(22)12-5-4-6-13(9-12)23-2;/h4-6,9,14-17,22H,3,7-8,10-11H2,1-2H3,(H2,19,20,21);1H. The highest BCUT2D eigenvalue weighted by atomic mass is 127. The maximum atomic E-state index is 10.4. The fourth-order valence-corrected chi connectivity index (χ4v) is 3.42. The van der Waals surface area contributed by atoms with Gasteiger partial charge in [0.15, 0.2) is 5.96 Å². The second-order valence-corrected chi connectivity index (χ2v) is 6.37. The van der Waals surface area contributed by atoms with Gasteiger partial charge in [-0.05, 0) is 43.9 Å². The van der Waals surface area contributed by atoms with Crippen LogP contribution in [0.5, 0.6) is 5.75 Å². The molecule has 2 heterocycles. The SMILES string of the molecule is CCNC(=NCC(O)c1cccc(OC)c1)NC1CC2CCC1O2.I. The van der Waals surface area contributed by atoms with E-state index in [1.165, 1.54) is 6.42 Å². The molecule has 4 unspecified atom stereocenters. The van der Waals surface area contributed by atoms with E-state index in [1.807, 2.05) is 31.2 Å². The molecule has 0 amide bonds. The van der Waals surface area contributed by atoms with Crippen LogP contribution in [0.25, 0.3) is 0 Å².